The van der Waals surface area contributed by atoms with Crippen LogP contribution in [0.4, 0.5) is 0 Å². The van der Waals surface area contributed by atoms with E-state index < -0.39 is 17.9 Å². The molecular formula is C18H23N5O4. The number of hydrogen-bond donors (Lipinski definition) is 1. The van der Waals surface area contributed by atoms with Crippen LogP contribution in [0, 0.1) is 12.8 Å². The van der Waals surface area contributed by atoms with Gasteiger partial charge in [0.25, 0.3) is 0 Å². The molecular weight excluding hydrogens is 350 g/mol. The Bertz CT molecular complexity index is 822. The van der Waals surface area contributed by atoms with E-state index in [0.717, 1.165) is 5.56 Å². The van der Waals surface area contributed by atoms with E-state index >= 15 is 0 Å². The van der Waals surface area contributed by atoms with Crippen molar-refractivity contribution in [3.05, 3.63) is 35.7 Å². The van der Waals surface area contributed by atoms with Crippen LogP contribution in [-0.2, 0) is 16.0 Å². The molecule has 1 saturated heterocycles. The van der Waals surface area contributed by atoms with E-state index in [9.17, 15) is 14.7 Å². The first-order valence-electron chi connectivity index (χ1n) is 8.88. The van der Waals surface area contributed by atoms with E-state index in [1.807, 2.05) is 24.3 Å². The molecule has 0 aliphatic carbocycles. The highest BCUT2D eigenvalue weighted by Gasteiger charge is 2.33. The van der Waals surface area contributed by atoms with Crippen molar-refractivity contribution in [2.75, 3.05) is 20.2 Å². The van der Waals surface area contributed by atoms with Gasteiger partial charge in [0.1, 0.15) is 17.6 Å². The molecule has 1 N–H and O–H groups in total. The molecule has 0 saturated carbocycles. The van der Waals surface area contributed by atoms with Crippen molar-refractivity contribution in [3.63, 3.8) is 0 Å². The molecule has 1 aliphatic rings. The lowest BCUT2D eigenvalue weighted by Crippen LogP contribution is -2.46. The summed E-state index contributed by atoms with van der Waals surface area (Å²) in [5, 5.41) is 20.9. The second-order valence-corrected chi connectivity index (χ2v) is 6.70. The van der Waals surface area contributed by atoms with Gasteiger partial charge in [0, 0.05) is 19.5 Å². The van der Waals surface area contributed by atoms with Crippen molar-refractivity contribution in [2.24, 2.45) is 5.92 Å². The summed E-state index contributed by atoms with van der Waals surface area (Å²) in [6.45, 7) is 2.49. The SMILES string of the molecule is COc1cccc(CC(C(=O)N2CCCC(C(=O)O)C2)n2nnnc2C)c1. The van der Waals surface area contributed by atoms with Crippen LogP contribution in [0.5, 0.6) is 5.75 Å². The topological polar surface area (TPSA) is 110 Å². The van der Waals surface area contributed by atoms with Crippen LogP contribution >= 0.6 is 0 Å². The number of carboxylic acids is 1. The van der Waals surface area contributed by atoms with Crippen LogP contribution in [0.1, 0.15) is 30.3 Å². The zero-order chi connectivity index (χ0) is 19.4. The number of piperidine rings is 1. The summed E-state index contributed by atoms with van der Waals surface area (Å²) in [6, 6.07) is 6.85. The third-order valence-corrected chi connectivity index (χ3v) is 4.88. The minimum atomic E-state index is -0.865. The number of hydrogen-bond acceptors (Lipinski definition) is 6. The zero-order valence-electron chi connectivity index (χ0n) is 15.4. The van der Waals surface area contributed by atoms with Crippen molar-refractivity contribution in [3.8, 4) is 5.75 Å². The first kappa shape index (κ1) is 18.8. The molecule has 27 heavy (non-hydrogen) atoms. The molecule has 1 amide bonds. The highest BCUT2D eigenvalue weighted by molar-refractivity contribution is 5.82. The molecule has 144 valence electrons. The molecule has 9 heteroatoms. The van der Waals surface area contributed by atoms with Crippen molar-refractivity contribution >= 4 is 11.9 Å². The molecule has 2 heterocycles. The van der Waals surface area contributed by atoms with E-state index in [-0.39, 0.29) is 12.5 Å². The summed E-state index contributed by atoms with van der Waals surface area (Å²) in [7, 11) is 1.59. The smallest absolute Gasteiger partial charge is 0.308 e. The van der Waals surface area contributed by atoms with Crippen LogP contribution in [0.25, 0.3) is 0 Å². The normalized spacial score (nSPS) is 18.1. The summed E-state index contributed by atoms with van der Waals surface area (Å²) >= 11 is 0. The minimum Gasteiger partial charge on any atom is -0.497 e. The average Bonchev–Trinajstić information content (AvgIpc) is 3.11. The number of rotatable bonds is 6. The predicted molar refractivity (Wildman–Crippen MR) is 95.2 cm³/mol. The van der Waals surface area contributed by atoms with Crippen molar-refractivity contribution in [1.82, 2.24) is 25.1 Å². The Morgan fingerprint density at radius 1 is 1.41 bits per heavy atom. The lowest BCUT2D eigenvalue weighted by Gasteiger charge is -2.33. The number of aliphatic carboxylic acids is 1. The van der Waals surface area contributed by atoms with E-state index in [2.05, 4.69) is 15.5 Å². The Hall–Kier alpha value is -2.97. The lowest BCUT2D eigenvalue weighted by atomic mass is 9.96. The first-order chi connectivity index (χ1) is 13.0. The number of tetrazole rings is 1. The Kier molecular flexibility index (Phi) is 5.68. The van der Waals surface area contributed by atoms with Crippen molar-refractivity contribution in [1.29, 1.82) is 0 Å². The maximum Gasteiger partial charge on any atom is 0.308 e. The molecule has 0 bridgehead atoms. The zero-order valence-corrected chi connectivity index (χ0v) is 15.4. The summed E-state index contributed by atoms with van der Waals surface area (Å²) in [6.07, 6.45) is 1.64. The fourth-order valence-corrected chi connectivity index (χ4v) is 3.42. The van der Waals surface area contributed by atoms with E-state index in [1.165, 1.54) is 4.68 Å². The van der Waals surface area contributed by atoms with Crippen LogP contribution in [0.15, 0.2) is 24.3 Å². The van der Waals surface area contributed by atoms with Crippen molar-refractivity contribution < 1.29 is 19.4 Å². The maximum absolute atomic E-state index is 13.3. The number of carbonyl (C=O) groups excluding carboxylic acids is 1. The van der Waals surface area contributed by atoms with Gasteiger partial charge in [0.2, 0.25) is 5.91 Å². The number of nitrogens with zero attached hydrogens (tertiary/aromatic N) is 5. The number of benzene rings is 1. The summed E-state index contributed by atoms with van der Waals surface area (Å²) in [5.41, 5.74) is 0.911. The van der Waals surface area contributed by atoms with Gasteiger partial charge in [-0.3, -0.25) is 9.59 Å². The monoisotopic (exact) mass is 373 g/mol. The number of aromatic nitrogens is 4. The number of aryl methyl sites for hydroxylation is 1. The summed E-state index contributed by atoms with van der Waals surface area (Å²) in [4.78, 5) is 26.2. The number of amides is 1. The minimum absolute atomic E-state index is 0.167. The molecule has 3 rings (SSSR count). The predicted octanol–water partition coefficient (Wildman–Crippen LogP) is 1.10. The molecule has 2 aromatic rings. The van der Waals surface area contributed by atoms with E-state index in [4.69, 9.17) is 4.74 Å². The first-order valence-corrected chi connectivity index (χ1v) is 8.88. The second kappa shape index (κ2) is 8.15. The second-order valence-electron chi connectivity index (χ2n) is 6.70. The van der Waals surface area contributed by atoms with E-state index in [0.29, 0.717) is 37.4 Å². The fourth-order valence-electron chi connectivity index (χ4n) is 3.42. The van der Waals surface area contributed by atoms with Gasteiger partial charge in [-0.2, -0.15) is 0 Å². The average molecular weight is 373 g/mol. The molecule has 0 radical (unpaired) electrons. The van der Waals surface area contributed by atoms with Crippen LogP contribution in [0.3, 0.4) is 0 Å². The largest absolute Gasteiger partial charge is 0.497 e. The Balaban J connectivity index is 1.86. The molecule has 1 fully saturated rings. The summed E-state index contributed by atoms with van der Waals surface area (Å²) in [5.74, 6) is -0.330. The third-order valence-electron chi connectivity index (χ3n) is 4.88. The Morgan fingerprint density at radius 2 is 2.22 bits per heavy atom. The van der Waals surface area contributed by atoms with Gasteiger partial charge in [-0.25, -0.2) is 4.68 Å². The summed E-state index contributed by atoms with van der Waals surface area (Å²) < 4.78 is 6.77. The Labute approximate surface area is 156 Å². The van der Waals surface area contributed by atoms with Gasteiger partial charge < -0.3 is 14.7 Å². The molecule has 1 aromatic carbocycles. The highest BCUT2D eigenvalue weighted by atomic mass is 16.5. The molecule has 0 spiro atoms. The van der Waals surface area contributed by atoms with Gasteiger partial charge in [0.05, 0.1) is 13.0 Å². The lowest BCUT2D eigenvalue weighted by molar-refractivity contribution is -0.146. The van der Waals surface area contributed by atoms with Crippen LogP contribution in [-0.4, -0.2) is 62.3 Å². The number of methoxy groups -OCH3 is 1. The molecule has 1 aliphatic heterocycles. The molecule has 9 nitrogen and oxygen atoms in total. The number of ether oxygens (including phenoxy) is 1. The fraction of sp³-hybridized carbons (Fsp3) is 0.500. The molecule has 2 unspecified atom stereocenters. The quantitative estimate of drug-likeness (QED) is 0.807. The van der Waals surface area contributed by atoms with Crippen LogP contribution < -0.4 is 4.74 Å². The molecule has 2 atom stereocenters. The Morgan fingerprint density at radius 3 is 2.89 bits per heavy atom. The molecule has 1 aromatic heterocycles. The number of carbonyl (C=O) groups is 2. The van der Waals surface area contributed by atoms with Crippen LogP contribution in [0.2, 0.25) is 0 Å². The van der Waals surface area contributed by atoms with Gasteiger partial charge in [0.15, 0.2) is 0 Å². The van der Waals surface area contributed by atoms with Gasteiger partial charge in [-0.15, -0.1) is 5.10 Å². The van der Waals surface area contributed by atoms with Crippen molar-refractivity contribution in [2.45, 2.75) is 32.2 Å². The highest BCUT2D eigenvalue weighted by Crippen LogP contribution is 2.24. The third kappa shape index (κ3) is 4.24. The maximum atomic E-state index is 13.3. The van der Waals surface area contributed by atoms with Gasteiger partial charge >= 0.3 is 5.97 Å². The number of likely N-dealkylation sites (tertiary alicyclic amines) is 1. The van der Waals surface area contributed by atoms with Gasteiger partial charge in [-0.1, -0.05) is 12.1 Å². The number of carboxylic acid groups (broad SMARTS) is 1. The van der Waals surface area contributed by atoms with E-state index in [1.54, 1.807) is 18.9 Å². The standard InChI is InChI=1S/C18H23N5O4/c1-12-19-20-21-23(12)16(10-13-5-3-7-15(9-13)27-2)17(24)22-8-4-6-14(11-22)18(25)26/h3,5,7,9,14,16H,4,6,8,10-11H2,1-2H3,(H,25,26). The van der Waals surface area contributed by atoms with Gasteiger partial charge in [-0.05, 0) is 47.9 Å².